The summed E-state index contributed by atoms with van der Waals surface area (Å²) in [5.74, 6) is 1.25. The molecule has 0 saturated heterocycles. The van der Waals surface area contributed by atoms with Gasteiger partial charge < -0.3 is 9.47 Å². The molecule has 0 atom stereocenters. The Hall–Kier alpha value is -2.82. The molecule has 2 aromatic rings. The summed E-state index contributed by atoms with van der Waals surface area (Å²) in [6, 6.07) is 13.2. The van der Waals surface area contributed by atoms with E-state index in [4.69, 9.17) is 9.47 Å². The van der Waals surface area contributed by atoms with E-state index in [0.717, 1.165) is 11.3 Å². The number of nitrogens with one attached hydrogen (secondary N) is 1. The van der Waals surface area contributed by atoms with Crippen LogP contribution in [0.3, 0.4) is 0 Å². The fraction of sp³-hybridized carbons (Fsp3) is 0.300. The van der Waals surface area contributed by atoms with Crippen LogP contribution in [0.1, 0.15) is 48.2 Å². The van der Waals surface area contributed by atoms with Crippen molar-refractivity contribution in [3.8, 4) is 11.5 Å². The van der Waals surface area contributed by atoms with Crippen molar-refractivity contribution in [3.63, 3.8) is 0 Å². The van der Waals surface area contributed by atoms with Crippen LogP contribution in [0.25, 0.3) is 0 Å². The second-order valence-electron chi connectivity index (χ2n) is 5.98. The molecule has 0 aliphatic heterocycles. The van der Waals surface area contributed by atoms with Crippen molar-refractivity contribution < 1.29 is 14.3 Å². The van der Waals surface area contributed by atoms with E-state index in [9.17, 15) is 4.79 Å². The molecule has 0 unspecified atom stereocenters. The number of ether oxygens (including phenoxy) is 2. The lowest BCUT2D eigenvalue weighted by Gasteiger charge is -2.09. The highest BCUT2D eigenvalue weighted by Crippen LogP contribution is 2.27. The van der Waals surface area contributed by atoms with E-state index in [1.165, 1.54) is 12.7 Å². The Morgan fingerprint density at radius 1 is 0.960 bits per heavy atom. The number of amides is 1. The molecule has 0 heterocycles. The summed E-state index contributed by atoms with van der Waals surface area (Å²) in [6.45, 7) is 6.16. The Labute approximate surface area is 148 Å². The molecule has 0 radical (unpaired) electrons. The van der Waals surface area contributed by atoms with E-state index < -0.39 is 0 Å². The number of rotatable bonds is 6. The summed E-state index contributed by atoms with van der Waals surface area (Å²) in [7, 11) is 3.08. The molecule has 0 bridgehead atoms. The third-order valence-electron chi connectivity index (χ3n) is 3.97. The Bertz CT molecular complexity index is 765. The minimum atomic E-state index is -0.306. The van der Waals surface area contributed by atoms with Gasteiger partial charge >= 0.3 is 0 Å². The number of nitrogens with zero attached hydrogens (tertiary/aromatic N) is 1. The highest BCUT2D eigenvalue weighted by atomic mass is 16.5. The summed E-state index contributed by atoms with van der Waals surface area (Å²) in [6.07, 6.45) is 0. The fourth-order valence-corrected chi connectivity index (χ4v) is 2.35. The molecule has 2 aromatic carbocycles. The third-order valence-corrected chi connectivity index (χ3v) is 3.97. The average molecular weight is 340 g/mol. The molecule has 1 N–H and O–H groups in total. The van der Waals surface area contributed by atoms with Crippen LogP contribution in [0.15, 0.2) is 47.6 Å². The molecule has 5 heteroatoms. The van der Waals surface area contributed by atoms with E-state index >= 15 is 0 Å². The number of hydrogen-bond acceptors (Lipinski definition) is 4. The monoisotopic (exact) mass is 340 g/mol. The maximum Gasteiger partial charge on any atom is 0.271 e. The van der Waals surface area contributed by atoms with Crippen LogP contribution < -0.4 is 14.9 Å². The van der Waals surface area contributed by atoms with Gasteiger partial charge in [0.1, 0.15) is 0 Å². The summed E-state index contributed by atoms with van der Waals surface area (Å²) in [4.78, 5) is 12.3. The molecule has 0 fully saturated rings. The predicted molar refractivity (Wildman–Crippen MR) is 99.8 cm³/mol. The van der Waals surface area contributed by atoms with Gasteiger partial charge in [0.05, 0.1) is 19.9 Å². The van der Waals surface area contributed by atoms with Gasteiger partial charge in [-0.3, -0.25) is 4.79 Å². The summed E-state index contributed by atoms with van der Waals surface area (Å²) >= 11 is 0. The van der Waals surface area contributed by atoms with Crippen LogP contribution in [-0.4, -0.2) is 25.8 Å². The summed E-state index contributed by atoms with van der Waals surface area (Å²) < 4.78 is 10.4. The van der Waals surface area contributed by atoms with Crippen LogP contribution >= 0.6 is 0 Å². The Morgan fingerprint density at radius 2 is 1.56 bits per heavy atom. The van der Waals surface area contributed by atoms with E-state index in [2.05, 4.69) is 36.5 Å². The predicted octanol–water partition coefficient (Wildman–Crippen LogP) is 3.98. The largest absolute Gasteiger partial charge is 0.493 e. The highest BCUT2D eigenvalue weighted by Gasteiger charge is 2.10. The fourth-order valence-electron chi connectivity index (χ4n) is 2.35. The Balaban J connectivity index is 2.10. The van der Waals surface area contributed by atoms with Crippen molar-refractivity contribution >= 4 is 11.6 Å². The summed E-state index contributed by atoms with van der Waals surface area (Å²) in [5.41, 5.74) is 6.00. The zero-order valence-corrected chi connectivity index (χ0v) is 15.3. The molecular weight excluding hydrogens is 316 g/mol. The van der Waals surface area contributed by atoms with Crippen LogP contribution in [0, 0.1) is 0 Å². The minimum absolute atomic E-state index is 0.306. The normalized spacial score (nSPS) is 11.4. The van der Waals surface area contributed by atoms with Gasteiger partial charge in [0.15, 0.2) is 11.5 Å². The molecule has 1 amide bonds. The first-order chi connectivity index (χ1) is 12.0. The van der Waals surface area contributed by atoms with Gasteiger partial charge in [0.2, 0.25) is 0 Å². The third kappa shape index (κ3) is 4.59. The molecule has 5 nitrogen and oxygen atoms in total. The Kier molecular flexibility index (Phi) is 6.17. The molecule has 132 valence electrons. The molecule has 0 aliphatic carbocycles. The quantitative estimate of drug-likeness (QED) is 0.639. The van der Waals surface area contributed by atoms with E-state index in [1.54, 1.807) is 25.3 Å². The second kappa shape index (κ2) is 8.33. The number of hydrazone groups is 1. The number of benzene rings is 2. The molecule has 0 aliphatic rings. The van der Waals surface area contributed by atoms with E-state index in [0.29, 0.717) is 23.0 Å². The topological polar surface area (TPSA) is 59.9 Å². The molecule has 0 aromatic heterocycles. The van der Waals surface area contributed by atoms with Gasteiger partial charge in [-0.1, -0.05) is 38.1 Å². The van der Waals surface area contributed by atoms with Crippen LogP contribution in [0.4, 0.5) is 0 Å². The lowest BCUT2D eigenvalue weighted by atomic mass is 10.0. The summed E-state index contributed by atoms with van der Waals surface area (Å²) in [5, 5.41) is 4.19. The molecule has 0 spiro atoms. The van der Waals surface area contributed by atoms with Gasteiger partial charge in [0.25, 0.3) is 5.91 Å². The number of methoxy groups -OCH3 is 2. The zero-order valence-electron chi connectivity index (χ0n) is 15.3. The van der Waals surface area contributed by atoms with Crippen LogP contribution in [0.5, 0.6) is 11.5 Å². The lowest BCUT2D eigenvalue weighted by molar-refractivity contribution is 0.0954. The van der Waals surface area contributed by atoms with Gasteiger partial charge in [-0.15, -0.1) is 0 Å². The molecule has 0 saturated carbocycles. The smallest absolute Gasteiger partial charge is 0.271 e. The van der Waals surface area contributed by atoms with E-state index in [1.807, 2.05) is 19.1 Å². The van der Waals surface area contributed by atoms with Gasteiger partial charge in [-0.2, -0.15) is 5.10 Å². The first-order valence-corrected chi connectivity index (χ1v) is 8.13. The minimum Gasteiger partial charge on any atom is -0.493 e. The van der Waals surface area contributed by atoms with Crippen LogP contribution in [-0.2, 0) is 0 Å². The van der Waals surface area contributed by atoms with Crippen molar-refractivity contribution in [3.05, 3.63) is 59.2 Å². The maximum atomic E-state index is 12.3. The number of carbonyl (C=O) groups excluding carboxylic acids is 1. The van der Waals surface area contributed by atoms with Crippen molar-refractivity contribution in [2.45, 2.75) is 26.7 Å². The second-order valence-corrected chi connectivity index (χ2v) is 5.98. The number of carbonyl (C=O) groups is 1. The maximum absolute atomic E-state index is 12.3. The van der Waals surface area contributed by atoms with Crippen LogP contribution in [0.2, 0.25) is 0 Å². The SMILES string of the molecule is COc1ccc(C(=O)N/N=C(/C)c2ccc(C(C)C)cc2)cc1OC. The lowest BCUT2D eigenvalue weighted by Crippen LogP contribution is -2.19. The first kappa shape index (κ1) is 18.5. The van der Waals surface area contributed by atoms with Crippen molar-refractivity contribution in [1.82, 2.24) is 5.43 Å². The van der Waals surface area contributed by atoms with Gasteiger partial charge in [-0.25, -0.2) is 5.43 Å². The van der Waals surface area contributed by atoms with Gasteiger partial charge in [0, 0.05) is 5.56 Å². The van der Waals surface area contributed by atoms with Gasteiger partial charge in [-0.05, 0) is 42.2 Å². The van der Waals surface area contributed by atoms with Crippen molar-refractivity contribution in [2.75, 3.05) is 14.2 Å². The first-order valence-electron chi connectivity index (χ1n) is 8.13. The standard InChI is InChI=1S/C20H24N2O3/c1-13(2)15-6-8-16(9-7-15)14(3)21-22-20(23)17-10-11-18(24-4)19(12-17)25-5/h6-13H,1-5H3,(H,22,23)/b21-14-. The van der Waals surface area contributed by atoms with Crippen molar-refractivity contribution in [1.29, 1.82) is 0 Å². The highest BCUT2D eigenvalue weighted by molar-refractivity contribution is 6.01. The average Bonchev–Trinajstić information content (AvgIpc) is 2.65. The molecule has 25 heavy (non-hydrogen) atoms. The van der Waals surface area contributed by atoms with E-state index in [-0.39, 0.29) is 5.91 Å². The molecular formula is C20H24N2O3. The molecule has 2 rings (SSSR count). The van der Waals surface area contributed by atoms with Crippen molar-refractivity contribution in [2.24, 2.45) is 5.10 Å². The zero-order chi connectivity index (χ0) is 18.4. The Morgan fingerprint density at radius 3 is 2.12 bits per heavy atom. The number of hydrogen-bond donors (Lipinski definition) is 1.